The van der Waals surface area contributed by atoms with E-state index in [9.17, 15) is 0 Å². The number of aromatic nitrogens is 1. The molecule has 2 heterocycles. The Morgan fingerprint density at radius 1 is 0.925 bits per heavy atom. The molecule has 0 atom stereocenters. The molecule has 2 nitrogen and oxygen atoms in total. The normalized spacial score (nSPS) is 15.1. The number of thioether (sulfide) groups is 4. The Kier molecular flexibility index (Phi) is 9.80. The predicted octanol–water partition coefficient (Wildman–Crippen LogP) is 10.5. The van der Waals surface area contributed by atoms with E-state index >= 15 is 0 Å². The number of aryl methyl sites for hydroxylation is 1. The topological polar surface area (TPSA) is 7.12 Å². The van der Waals surface area contributed by atoms with Gasteiger partial charge in [-0.25, -0.2) is 0 Å². The van der Waals surface area contributed by atoms with Gasteiger partial charge in [0.05, 0.1) is 16.1 Å². The Labute approximate surface area is 259 Å². The summed E-state index contributed by atoms with van der Waals surface area (Å²) in [5.41, 5.74) is 3.90. The van der Waals surface area contributed by atoms with E-state index in [1.807, 2.05) is 58.4 Å². The zero-order valence-electron chi connectivity index (χ0n) is 23.9. The molecule has 0 N–H and O–H groups in total. The first kappa shape index (κ1) is 29.5. The van der Waals surface area contributed by atoms with Crippen LogP contribution in [0.25, 0.3) is 27.1 Å². The van der Waals surface area contributed by atoms with Gasteiger partial charge in [-0.3, -0.25) is 0 Å². The second-order valence-corrected chi connectivity index (χ2v) is 14.0. The van der Waals surface area contributed by atoms with Gasteiger partial charge in [-0.2, -0.15) is 4.57 Å². The summed E-state index contributed by atoms with van der Waals surface area (Å²) in [7, 11) is 0. The molecule has 0 spiro atoms. The van der Waals surface area contributed by atoms with Crippen molar-refractivity contribution >= 4 is 91.1 Å². The molecule has 0 unspecified atom stereocenters. The van der Waals surface area contributed by atoms with Crippen LogP contribution in [0.5, 0.6) is 0 Å². The van der Waals surface area contributed by atoms with Gasteiger partial charge in [0.25, 0.3) is 5.01 Å². The van der Waals surface area contributed by atoms with E-state index in [0.717, 1.165) is 13.1 Å². The first-order chi connectivity index (χ1) is 19.5. The van der Waals surface area contributed by atoms with Gasteiger partial charge in [0.2, 0.25) is 5.52 Å². The molecular weight excluding hydrogens is 585 g/mol. The smallest absolute Gasteiger partial charge is 0.262 e. The number of hydrogen-bond acceptors (Lipinski definition) is 6. The number of rotatable bonds is 9. The fraction of sp³-hybridized carbons (Fsp3) is 0.242. The highest BCUT2D eigenvalue weighted by molar-refractivity contribution is 8.04. The highest BCUT2D eigenvalue weighted by atomic mass is 32.2. The molecule has 1 aliphatic rings. The third-order valence-electron chi connectivity index (χ3n) is 6.98. The summed E-state index contributed by atoms with van der Waals surface area (Å²) in [6.45, 7) is 8.54. The zero-order chi connectivity index (χ0) is 28.2. The van der Waals surface area contributed by atoms with Crippen LogP contribution in [-0.4, -0.2) is 25.3 Å². The van der Waals surface area contributed by atoms with Gasteiger partial charge in [0, 0.05) is 37.6 Å². The maximum absolute atomic E-state index is 2.45. The maximum atomic E-state index is 2.45. The summed E-state index contributed by atoms with van der Waals surface area (Å²) in [6, 6.07) is 15.9. The van der Waals surface area contributed by atoms with E-state index in [1.165, 1.54) is 61.9 Å². The van der Waals surface area contributed by atoms with E-state index in [2.05, 4.69) is 128 Å². The Balaban J connectivity index is 1.36. The number of fused-ring (bicyclic) bond motifs is 4. The van der Waals surface area contributed by atoms with E-state index < -0.39 is 0 Å². The third-order valence-corrected chi connectivity index (χ3v) is 11.6. The van der Waals surface area contributed by atoms with Crippen molar-refractivity contribution in [2.24, 2.45) is 0 Å². The van der Waals surface area contributed by atoms with Crippen molar-refractivity contribution in [2.45, 2.75) is 46.9 Å². The molecule has 0 radical (unpaired) electrons. The Bertz CT molecular complexity index is 1680. The van der Waals surface area contributed by atoms with Crippen LogP contribution < -0.4 is 9.47 Å². The van der Waals surface area contributed by atoms with E-state index in [4.69, 9.17) is 0 Å². The number of nitrogens with zero attached hydrogens (tertiary/aromatic N) is 2. The predicted molar refractivity (Wildman–Crippen MR) is 186 cm³/mol. The zero-order valence-corrected chi connectivity index (χ0v) is 27.9. The van der Waals surface area contributed by atoms with Crippen LogP contribution in [0.4, 0.5) is 5.69 Å². The molecule has 3 aromatic carbocycles. The molecule has 0 saturated heterocycles. The third kappa shape index (κ3) is 5.82. The molecule has 0 bridgehead atoms. The van der Waals surface area contributed by atoms with Crippen molar-refractivity contribution in [3.05, 3.63) is 88.5 Å². The average Bonchev–Trinajstić information content (AvgIpc) is 3.52. The van der Waals surface area contributed by atoms with E-state index in [1.54, 1.807) is 0 Å². The SMILES string of the molecule is CCN1/C(=C/C=C/C(C)=C/C=C/c2sc3cc(SC)c4ccccc4c3[n+]2CC)Sc2cc(SC)c(SC)cc21. The number of anilines is 1. The molecule has 0 amide bonds. The van der Waals surface area contributed by atoms with Gasteiger partial charge in [-0.05, 0) is 69.9 Å². The minimum absolute atomic E-state index is 0.948. The molecule has 0 saturated carbocycles. The Morgan fingerprint density at radius 3 is 2.35 bits per heavy atom. The van der Waals surface area contributed by atoms with Gasteiger partial charge in [-0.15, -0.1) is 35.3 Å². The molecule has 1 aliphatic heterocycles. The van der Waals surface area contributed by atoms with Gasteiger partial charge in [0.1, 0.15) is 11.2 Å². The molecule has 40 heavy (non-hydrogen) atoms. The van der Waals surface area contributed by atoms with Crippen LogP contribution in [0, 0.1) is 0 Å². The number of allylic oxidation sites excluding steroid dienone is 6. The second-order valence-electron chi connectivity index (χ2n) is 9.31. The largest absolute Gasteiger partial charge is 0.335 e. The van der Waals surface area contributed by atoms with Crippen LogP contribution in [-0.2, 0) is 6.54 Å². The summed E-state index contributed by atoms with van der Waals surface area (Å²) in [6.07, 6.45) is 19.8. The molecule has 7 heteroatoms. The van der Waals surface area contributed by atoms with Crippen molar-refractivity contribution < 1.29 is 4.57 Å². The lowest BCUT2D eigenvalue weighted by molar-refractivity contribution is -0.664. The minimum atomic E-state index is 0.948. The molecule has 206 valence electrons. The van der Waals surface area contributed by atoms with Crippen LogP contribution >= 0.6 is 58.4 Å². The molecule has 1 aromatic heterocycles. The van der Waals surface area contributed by atoms with Gasteiger partial charge in [-0.1, -0.05) is 71.2 Å². The van der Waals surface area contributed by atoms with Gasteiger partial charge >= 0.3 is 0 Å². The molecule has 0 fully saturated rings. The lowest BCUT2D eigenvalue weighted by Crippen LogP contribution is -2.33. The monoisotopic (exact) mass is 619 g/mol. The quantitative estimate of drug-likeness (QED) is 0.104. The number of hydrogen-bond donors (Lipinski definition) is 0. The first-order valence-corrected chi connectivity index (χ1v) is 18.7. The van der Waals surface area contributed by atoms with Gasteiger partial charge in [0.15, 0.2) is 0 Å². The summed E-state index contributed by atoms with van der Waals surface area (Å²) < 4.78 is 3.80. The summed E-state index contributed by atoms with van der Waals surface area (Å²) in [5, 5.41) is 5.25. The standard InChI is InChI=1S/C33H35N2S5/c1-7-34-25-19-28(37-5)29(38-6)21-27(25)39-31(34)17-11-13-22(3)14-12-18-32-35(8-2)33-24-16-10-9-15-23(24)26(36-4)20-30(33)40-32/h9-21H,7-8H2,1-6H3/q+1. The van der Waals surface area contributed by atoms with Crippen LogP contribution in [0.2, 0.25) is 0 Å². The molecule has 5 rings (SSSR count). The fourth-order valence-corrected chi connectivity index (χ4v) is 9.67. The highest BCUT2D eigenvalue weighted by Gasteiger charge is 2.25. The summed E-state index contributed by atoms with van der Waals surface area (Å²) in [4.78, 5) is 7.83. The van der Waals surface area contributed by atoms with Crippen LogP contribution in [0.15, 0.2) is 103 Å². The van der Waals surface area contributed by atoms with Crippen molar-refractivity contribution in [2.75, 3.05) is 30.2 Å². The number of thiazole rings is 1. The highest BCUT2D eigenvalue weighted by Crippen LogP contribution is 2.49. The molecule has 4 aromatic rings. The fourth-order valence-electron chi connectivity index (χ4n) is 5.04. The summed E-state index contributed by atoms with van der Waals surface area (Å²) >= 11 is 9.23. The van der Waals surface area contributed by atoms with Crippen LogP contribution in [0.3, 0.4) is 0 Å². The minimum Gasteiger partial charge on any atom is -0.335 e. The Hall–Kier alpha value is -2.03. The molecular formula is C33H35N2S5+. The lowest BCUT2D eigenvalue weighted by Gasteiger charge is -2.18. The first-order valence-electron chi connectivity index (χ1n) is 13.4. The Morgan fingerprint density at radius 2 is 1.65 bits per heavy atom. The van der Waals surface area contributed by atoms with Gasteiger partial charge < -0.3 is 4.90 Å². The van der Waals surface area contributed by atoms with E-state index in [-0.39, 0.29) is 0 Å². The maximum Gasteiger partial charge on any atom is 0.262 e. The van der Waals surface area contributed by atoms with E-state index in [0.29, 0.717) is 0 Å². The van der Waals surface area contributed by atoms with Crippen molar-refractivity contribution in [3.8, 4) is 0 Å². The molecule has 0 aliphatic carbocycles. The number of benzene rings is 3. The van der Waals surface area contributed by atoms with Crippen molar-refractivity contribution in [1.29, 1.82) is 0 Å². The lowest BCUT2D eigenvalue weighted by atomic mass is 10.1. The second kappa shape index (κ2) is 13.3. The van der Waals surface area contributed by atoms with Crippen molar-refractivity contribution in [1.82, 2.24) is 0 Å². The van der Waals surface area contributed by atoms with Crippen LogP contribution in [0.1, 0.15) is 25.8 Å². The van der Waals surface area contributed by atoms with Crippen molar-refractivity contribution in [3.63, 3.8) is 0 Å². The average molecular weight is 620 g/mol. The summed E-state index contributed by atoms with van der Waals surface area (Å²) in [5.74, 6) is 0.